The largest absolute Gasteiger partial charge is 0.548 e. The Morgan fingerprint density at radius 1 is 1.39 bits per heavy atom. The molecule has 1 aromatic heterocycles. The van der Waals surface area contributed by atoms with Gasteiger partial charge in [-0.25, -0.2) is 4.79 Å². The fourth-order valence-corrected chi connectivity index (χ4v) is 1.89. The molecule has 0 aliphatic rings. The second-order valence-corrected chi connectivity index (χ2v) is 3.94. The minimum absolute atomic E-state index is 0.120. The van der Waals surface area contributed by atoms with Gasteiger partial charge < -0.3 is 25.9 Å². The van der Waals surface area contributed by atoms with E-state index in [1.165, 1.54) is 0 Å². The number of carbonyl (C=O) groups excluding carboxylic acids is 2. The zero-order valence-corrected chi connectivity index (χ0v) is 9.47. The lowest BCUT2D eigenvalue weighted by molar-refractivity contribution is -0.308. The summed E-state index contributed by atoms with van der Waals surface area (Å²) in [5, 5.41) is 14.0. The first kappa shape index (κ1) is 12.0. The zero-order chi connectivity index (χ0) is 13.1. The second-order valence-electron chi connectivity index (χ2n) is 3.94. The fraction of sp³-hybridized carbons (Fsp3) is 0.167. The van der Waals surface area contributed by atoms with Crippen molar-refractivity contribution in [3.8, 4) is 0 Å². The number of carboxylic acid groups (broad SMARTS) is 1. The van der Waals surface area contributed by atoms with Gasteiger partial charge in [-0.1, -0.05) is 18.2 Å². The first-order chi connectivity index (χ1) is 8.58. The Labute approximate surface area is 103 Å². The average molecular weight is 246 g/mol. The molecule has 1 aromatic carbocycles. The van der Waals surface area contributed by atoms with Gasteiger partial charge in [-0.3, -0.25) is 0 Å². The molecule has 0 saturated heterocycles. The molecule has 2 aromatic rings. The molecule has 94 valence electrons. The number of H-pyrrole nitrogens is 1. The Bertz CT molecular complexity index is 591. The zero-order valence-electron chi connectivity index (χ0n) is 9.47. The molecule has 0 spiro atoms. The van der Waals surface area contributed by atoms with Crippen LogP contribution in [0.5, 0.6) is 0 Å². The number of hydrogen-bond donors (Lipinski definition) is 3. The third kappa shape index (κ3) is 2.42. The van der Waals surface area contributed by atoms with Crippen LogP contribution in [0.1, 0.15) is 5.56 Å². The predicted molar refractivity (Wildman–Crippen MR) is 63.5 cm³/mol. The summed E-state index contributed by atoms with van der Waals surface area (Å²) >= 11 is 0. The second kappa shape index (κ2) is 4.79. The maximum atomic E-state index is 10.9. The summed E-state index contributed by atoms with van der Waals surface area (Å²) in [4.78, 5) is 24.7. The molecule has 1 atom stereocenters. The highest BCUT2D eigenvalue weighted by Gasteiger charge is 2.14. The van der Waals surface area contributed by atoms with E-state index in [2.05, 4.69) is 10.3 Å². The number of hydrogen-bond acceptors (Lipinski definition) is 3. The van der Waals surface area contributed by atoms with Crippen LogP contribution >= 0.6 is 0 Å². The number of benzene rings is 1. The monoisotopic (exact) mass is 246 g/mol. The van der Waals surface area contributed by atoms with Gasteiger partial charge in [0.2, 0.25) is 0 Å². The summed E-state index contributed by atoms with van der Waals surface area (Å²) in [6.07, 6.45) is 1.83. The van der Waals surface area contributed by atoms with Crippen LogP contribution < -0.4 is 16.2 Å². The summed E-state index contributed by atoms with van der Waals surface area (Å²) in [7, 11) is 0. The number of urea groups is 1. The number of aromatic amines is 1. The Hall–Kier alpha value is -2.50. The first-order valence-electron chi connectivity index (χ1n) is 5.39. The molecule has 0 radical (unpaired) electrons. The van der Waals surface area contributed by atoms with Gasteiger partial charge in [0.1, 0.15) is 0 Å². The summed E-state index contributed by atoms with van der Waals surface area (Å²) in [5.41, 5.74) is 6.62. The lowest BCUT2D eigenvalue weighted by atomic mass is 10.1. The number of amides is 2. The highest BCUT2D eigenvalue weighted by molar-refractivity contribution is 5.85. The van der Waals surface area contributed by atoms with Crippen molar-refractivity contribution in [2.75, 3.05) is 0 Å². The molecule has 18 heavy (non-hydrogen) atoms. The SMILES string of the molecule is NC(=O)N[C@H](Cc1c[nH]c2ccccc12)C(=O)[O-]. The van der Waals surface area contributed by atoms with Crippen LogP contribution in [-0.4, -0.2) is 23.0 Å². The van der Waals surface area contributed by atoms with Crippen LogP contribution in [0.2, 0.25) is 0 Å². The third-order valence-corrected chi connectivity index (χ3v) is 2.70. The lowest BCUT2D eigenvalue weighted by Gasteiger charge is -2.17. The van der Waals surface area contributed by atoms with Gasteiger partial charge in [-0.05, 0) is 11.6 Å². The van der Waals surface area contributed by atoms with Gasteiger partial charge in [0.25, 0.3) is 0 Å². The van der Waals surface area contributed by atoms with Crippen LogP contribution in [0.25, 0.3) is 10.9 Å². The highest BCUT2D eigenvalue weighted by atomic mass is 16.4. The van der Waals surface area contributed by atoms with Crippen molar-refractivity contribution >= 4 is 22.9 Å². The summed E-state index contributed by atoms with van der Waals surface area (Å²) < 4.78 is 0. The molecule has 2 amide bonds. The Morgan fingerprint density at radius 2 is 2.11 bits per heavy atom. The molecule has 1 heterocycles. The fourth-order valence-electron chi connectivity index (χ4n) is 1.89. The number of fused-ring (bicyclic) bond motifs is 1. The average Bonchev–Trinajstić information content (AvgIpc) is 2.71. The standard InChI is InChI=1S/C12H13N3O3/c13-12(18)15-10(11(16)17)5-7-6-14-9-4-2-1-3-8(7)9/h1-4,6,10,14H,5H2,(H,16,17)(H3,13,15,18)/p-1/t10-/m1/s1. The molecule has 6 heteroatoms. The van der Waals surface area contributed by atoms with E-state index in [1.54, 1.807) is 6.20 Å². The number of primary amides is 1. The maximum absolute atomic E-state index is 10.9. The first-order valence-corrected chi connectivity index (χ1v) is 5.39. The minimum atomic E-state index is -1.36. The van der Waals surface area contributed by atoms with E-state index in [9.17, 15) is 14.7 Å². The van der Waals surface area contributed by atoms with E-state index >= 15 is 0 Å². The topological polar surface area (TPSA) is 111 Å². The van der Waals surface area contributed by atoms with E-state index < -0.39 is 18.0 Å². The Morgan fingerprint density at radius 3 is 2.78 bits per heavy atom. The number of para-hydroxylation sites is 1. The van der Waals surface area contributed by atoms with Gasteiger partial charge in [0, 0.05) is 23.5 Å². The van der Waals surface area contributed by atoms with E-state index in [0.717, 1.165) is 16.5 Å². The molecule has 0 saturated carbocycles. The van der Waals surface area contributed by atoms with Gasteiger partial charge in [-0.15, -0.1) is 0 Å². The van der Waals surface area contributed by atoms with Crippen molar-refractivity contribution in [3.05, 3.63) is 36.0 Å². The maximum Gasteiger partial charge on any atom is 0.312 e. The number of aliphatic carboxylic acids is 1. The molecule has 0 aliphatic heterocycles. The molecule has 2 rings (SSSR count). The van der Waals surface area contributed by atoms with Crippen LogP contribution in [-0.2, 0) is 11.2 Å². The summed E-state index contributed by atoms with van der Waals surface area (Å²) in [6, 6.07) is 5.47. The van der Waals surface area contributed by atoms with Gasteiger partial charge in [-0.2, -0.15) is 0 Å². The molecular weight excluding hydrogens is 234 g/mol. The number of nitrogens with two attached hydrogens (primary N) is 1. The number of rotatable bonds is 4. The molecular formula is C12H12N3O3-. The minimum Gasteiger partial charge on any atom is -0.548 e. The van der Waals surface area contributed by atoms with E-state index in [1.807, 2.05) is 24.3 Å². The van der Waals surface area contributed by atoms with E-state index in [0.29, 0.717) is 0 Å². The Balaban J connectivity index is 2.26. The van der Waals surface area contributed by atoms with Crippen molar-refractivity contribution in [3.63, 3.8) is 0 Å². The van der Waals surface area contributed by atoms with Gasteiger partial charge in [0.15, 0.2) is 0 Å². The van der Waals surface area contributed by atoms with Crippen molar-refractivity contribution in [1.82, 2.24) is 10.3 Å². The number of nitrogens with one attached hydrogen (secondary N) is 2. The van der Waals surface area contributed by atoms with Crippen LogP contribution in [0.15, 0.2) is 30.5 Å². The van der Waals surface area contributed by atoms with Crippen LogP contribution in [0, 0.1) is 0 Å². The number of carbonyl (C=O) groups is 2. The molecule has 0 fully saturated rings. The van der Waals surface area contributed by atoms with E-state index in [-0.39, 0.29) is 6.42 Å². The van der Waals surface area contributed by atoms with Crippen LogP contribution in [0.4, 0.5) is 4.79 Å². The smallest absolute Gasteiger partial charge is 0.312 e. The molecule has 6 nitrogen and oxygen atoms in total. The van der Waals surface area contributed by atoms with Gasteiger partial charge in [0.05, 0.1) is 12.0 Å². The summed E-state index contributed by atoms with van der Waals surface area (Å²) in [5.74, 6) is -1.36. The number of aromatic nitrogens is 1. The highest BCUT2D eigenvalue weighted by Crippen LogP contribution is 2.18. The quantitative estimate of drug-likeness (QED) is 0.676. The third-order valence-electron chi connectivity index (χ3n) is 2.70. The van der Waals surface area contributed by atoms with Crippen LogP contribution in [0.3, 0.4) is 0 Å². The summed E-state index contributed by atoms with van der Waals surface area (Å²) in [6.45, 7) is 0. The predicted octanol–water partition coefficient (Wildman–Crippen LogP) is -0.503. The molecule has 4 N–H and O–H groups in total. The van der Waals surface area contributed by atoms with Gasteiger partial charge >= 0.3 is 6.03 Å². The van der Waals surface area contributed by atoms with Crippen molar-refractivity contribution in [2.45, 2.75) is 12.5 Å². The van der Waals surface area contributed by atoms with Crippen molar-refractivity contribution < 1.29 is 14.7 Å². The molecule has 0 unspecified atom stereocenters. The number of carboxylic acids is 1. The lowest BCUT2D eigenvalue weighted by Crippen LogP contribution is -2.50. The normalized spacial score (nSPS) is 12.2. The Kier molecular flexibility index (Phi) is 3.18. The molecule has 0 bridgehead atoms. The van der Waals surface area contributed by atoms with Crippen molar-refractivity contribution in [1.29, 1.82) is 0 Å². The van der Waals surface area contributed by atoms with Crippen molar-refractivity contribution in [2.24, 2.45) is 5.73 Å². The molecule has 0 aliphatic carbocycles. The van der Waals surface area contributed by atoms with E-state index in [4.69, 9.17) is 5.73 Å².